The van der Waals surface area contributed by atoms with E-state index < -0.39 is 0 Å². The van der Waals surface area contributed by atoms with E-state index >= 15 is 0 Å². The lowest BCUT2D eigenvalue weighted by atomic mass is 9.86. The van der Waals surface area contributed by atoms with Crippen molar-refractivity contribution in [1.29, 1.82) is 0 Å². The van der Waals surface area contributed by atoms with Crippen LogP contribution in [0.1, 0.15) is 32.8 Å². The van der Waals surface area contributed by atoms with Crippen molar-refractivity contribution in [3.05, 3.63) is 28.8 Å². The molecule has 0 spiro atoms. The first kappa shape index (κ1) is 14.7. The molecular weight excluding hydrogens is 256 g/mol. The van der Waals surface area contributed by atoms with Crippen LogP contribution in [-0.2, 0) is 0 Å². The second-order valence-corrected chi connectivity index (χ2v) is 6.09. The molecule has 1 saturated heterocycles. The van der Waals surface area contributed by atoms with Gasteiger partial charge in [-0.3, -0.25) is 0 Å². The minimum atomic E-state index is 0.538. The maximum atomic E-state index is 6.26. The molecule has 3 atom stereocenters. The van der Waals surface area contributed by atoms with E-state index in [2.05, 4.69) is 56.1 Å². The van der Waals surface area contributed by atoms with Gasteiger partial charge >= 0.3 is 0 Å². The van der Waals surface area contributed by atoms with E-state index in [0.29, 0.717) is 18.0 Å². The van der Waals surface area contributed by atoms with Crippen molar-refractivity contribution >= 4 is 17.3 Å². The maximum absolute atomic E-state index is 6.26. The minimum Gasteiger partial charge on any atom is -0.368 e. The summed E-state index contributed by atoms with van der Waals surface area (Å²) >= 11 is 6.26. The minimum absolute atomic E-state index is 0.538. The summed E-state index contributed by atoms with van der Waals surface area (Å²) in [6, 6.07) is 7.59. The molecule has 2 nitrogen and oxygen atoms in total. The van der Waals surface area contributed by atoms with Gasteiger partial charge in [-0.05, 0) is 50.4 Å². The van der Waals surface area contributed by atoms with Crippen molar-refractivity contribution in [2.75, 3.05) is 18.0 Å². The fraction of sp³-hybridized carbons (Fsp3) is 0.625. The Hall–Kier alpha value is -0.730. The van der Waals surface area contributed by atoms with Crippen LogP contribution >= 0.6 is 11.6 Å². The molecule has 3 unspecified atom stereocenters. The third kappa shape index (κ3) is 3.06. The molecule has 1 aromatic carbocycles. The van der Waals surface area contributed by atoms with Crippen molar-refractivity contribution in [2.45, 2.75) is 46.2 Å². The van der Waals surface area contributed by atoms with Gasteiger partial charge in [-0.25, -0.2) is 0 Å². The number of nitrogens with one attached hydrogen (secondary N) is 1. The van der Waals surface area contributed by atoms with E-state index in [-0.39, 0.29) is 0 Å². The Kier molecular flexibility index (Phi) is 4.75. The molecule has 1 heterocycles. The molecule has 0 radical (unpaired) electrons. The van der Waals surface area contributed by atoms with Crippen LogP contribution in [0.4, 0.5) is 5.69 Å². The number of benzene rings is 1. The molecule has 0 aromatic heterocycles. The highest BCUT2D eigenvalue weighted by molar-refractivity contribution is 6.31. The fourth-order valence-electron chi connectivity index (χ4n) is 3.04. The standard InChI is InChI=1S/C16H25ClN2/c1-5-18-16-8-9-19(13(4)12(16)3)14-7-6-11(2)15(17)10-14/h6-7,10,12-13,16,18H,5,8-9H2,1-4H3. The molecule has 1 fully saturated rings. The zero-order valence-corrected chi connectivity index (χ0v) is 13.2. The molecule has 1 aromatic rings. The first-order valence-electron chi connectivity index (χ1n) is 7.30. The van der Waals surface area contributed by atoms with Gasteiger partial charge in [0.1, 0.15) is 0 Å². The van der Waals surface area contributed by atoms with E-state index in [1.54, 1.807) is 0 Å². The second kappa shape index (κ2) is 6.15. The summed E-state index contributed by atoms with van der Waals surface area (Å²) in [5, 5.41) is 4.47. The number of aryl methyl sites for hydroxylation is 1. The van der Waals surface area contributed by atoms with Crippen LogP contribution in [0.3, 0.4) is 0 Å². The number of hydrogen-bond acceptors (Lipinski definition) is 2. The average molecular weight is 281 g/mol. The van der Waals surface area contributed by atoms with Gasteiger partial charge in [-0.15, -0.1) is 0 Å². The lowest BCUT2D eigenvalue weighted by molar-refractivity contribution is 0.274. The van der Waals surface area contributed by atoms with E-state index in [1.165, 1.54) is 12.1 Å². The van der Waals surface area contributed by atoms with Crippen molar-refractivity contribution < 1.29 is 0 Å². The summed E-state index contributed by atoms with van der Waals surface area (Å²) in [5.41, 5.74) is 2.40. The molecule has 1 N–H and O–H groups in total. The van der Waals surface area contributed by atoms with E-state index in [4.69, 9.17) is 11.6 Å². The first-order chi connectivity index (χ1) is 9.04. The van der Waals surface area contributed by atoms with Crippen LogP contribution in [0.15, 0.2) is 18.2 Å². The van der Waals surface area contributed by atoms with Gasteiger partial charge in [-0.2, -0.15) is 0 Å². The molecule has 2 rings (SSSR count). The van der Waals surface area contributed by atoms with Crippen molar-refractivity contribution in [3.8, 4) is 0 Å². The number of anilines is 1. The summed E-state index contributed by atoms with van der Waals surface area (Å²) < 4.78 is 0. The predicted molar refractivity (Wildman–Crippen MR) is 84.2 cm³/mol. The third-order valence-corrected chi connectivity index (χ3v) is 4.93. The third-order valence-electron chi connectivity index (χ3n) is 4.52. The Balaban J connectivity index is 2.15. The van der Waals surface area contributed by atoms with Crippen molar-refractivity contribution in [3.63, 3.8) is 0 Å². The van der Waals surface area contributed by atoms with E-state index in [0.717, 1.165) is 23.7 Å². The van der Waals surface area contributed by atoms with Gasteiger partial charge in [0, 0.05) is 29.3 Å². The van der Waals surface area contributed by atoms with Crippen molar-refractivity contribution in [1.82, 2.24) is 5.32 Å². The average Bonchev–Trinajstić information content (AvgIpc) is 2.39. The summed E-state index contributed by atoms with van der Waals surface area (Å²) in [4.78, 5) is 2.49. The Morgan fingerprint density at radius 1 is 1.37 bits per heavy atom. The Morgan fingerprint density at radius 2 is 2.11 bits per heavy atom. The van der Waals surface area contributed by atoms with Crippen molar-refractivity contribution in [2.24, 2.45) is 5.92 Å². The molecule has 1 aliphatic heterocycles. The van der Waals surface area contributed by atoms with Crippen LogP contribution in [0.2, 0.25) is 5.02 Å². The molecular formula is C16H25ClN2. The summed E-state index contributed by atoms with van der Waals surface area (Å²) in [5.74, 6) is 0.647. The Morgan fingerprint density at radius 3 is 2.74 bits per heavy atom. The van der Waals surface area contributed by atoms with Gasteiger partial charge in [-0.1, -0.05) is 31.5 Å². The topological polar surface area (TPSA) is 15.3 Å². The second-order valence-electron chi connectivity index (χ2n) is 5.68. The molecule has 106 valence electrons. The monoisotopic (exact) mass is 280 g/mol. The van der Waals surface area contributed by atoms with Crippen LogP contribution in [0, 0.1) is 12.8 Å². The highest BCUT2D eigenvalue weighted by Gasteiger charge is 2.31. The number of halogens is 1. The van der Waals surface area contributed by atoms with Crippen LogP contribution in [0.25, 0.3) is 0 Å². The molecule has 0 saturated carbocycles. The normalized spacial score (nSPS) is 27.6. The number of hydrogen-bond donors (Lipinski definition) is 1. The summed E-state index contributed by atoms with van der Waals surface area (Å²) in [6.45, 7) is 11.1. The van der Waals surface area contributed by atoms with Gasteiger partial charge in [0.15, 0.2) is 0 Å². The lowest BCUT2D eigenvalue weighted by Crippen LogP contribution is -2.53. The quantitative estimate of drug-likeness (QED) is 0.904. The lowest BCUT2D eigenvalue weighted by Gasteiger charge is -2.44. The molecule has 1 aliphatic rings. The molecule has 3 heteroatoms. The largest absolute Gasteiger partial charge is 0.368 e. The van der Waals surface area contributed by atoms with Gasteiger partial charge in [0.25, 0.3) is 0 Å². The molecule has 0 amide bonds. The number of nitrogens with zero attached hydrogens (tertiary/aromatic N) is 1. The Bertz CT molecular complexity index is 433. The van der Waals surface area contributed by atoms with Gasteiger partial charge in [0.2, 0.25) is 0 Å². The molecule has 19 heavy (non-hydrogen) atoms. The van der Waals surface area contributed by atoms with E-state index in [9.17, 15) is 0 Å². The Labute approximate surface area is 122 Å². The zero-order chi connectivity index (χ0) is 14.0. The maximum Gasteiger partial charge on any atom is 0.0455 e. The highest BCUT2D eigenvalue weighted by atomic mass is 35.5. The first-order valence-corrected chi connectivity index (χ1v) is 7.68. The van der Waals surface area contributed by atoms with Crippen LogP contribution < -0.4 is 10.2 Å². The fourth-order valence-corrected chi connectivity index (χ4v) is 3.21. The molecule has 0 aliphatic carbocycles. The summed E-state index contributed by atoms with van der Waals surface area (Å²) in [7, 11) is 0. The zero-order valence-electron chi connectivity index (χ0n) is 12.4. The van der Waals surface area contributed by atoms with Crippen LogP contribution in [-0.4, -0.2) is 25.2 Å². The molecule has 0 bridgehead atoms. The van der Waals surface area contributed by atoms with Gasteiger partial charge < -0.3 is 10.2 Å². The summed E-state index contributed by atoms with van der Waals surface area (Å²) in [6.07, 6.45) is 1.20. The number of piperidine rings is 1. The number of rotatable bonds is 3. The van der Waals surface area contributed by atoms with E-state index in [1.807, 2.05) is 0 Å². The smallest absolute Gasteiger partial charge is 0.0455 e. The predicted octanol–water partition coefficient (Wildman–Crippen LogP) is 3.86. The SMILES string of the molecule is CCNC1CCN(c2ccc(C)c(Cl)c2)C(C)C1C. The van der Waals surface area contributed by atoms with Crippen LogP contribution in [0.5, 0.6) is 0 Å². The van der Waals surface area contributed by atoms with Gasteiger partial charge in [0.05, 0.1) is 0 Å². The highest BCUT2D eigenvalue weighted by Crippen LogP contribution is 2.31.